The summed E-state index contributed by atoms with van der Waals surface area (Å²) in [5.41, 5.74) is 0. The lowest BCUT2D eigenvalue weighted by Gasteiger charge is -2.34. The molecule has 1 aliphatic heterocycles. The molecule has 22 heavy (non-hydrogen) atoms. The van der Waals surface area contributed by atoms with Gasteiger partial charge >= 0.3 is 5.97 Å². The second-order valence-electron chi connectivity index (χ2n) is 6.23. The molecule has 0 atom stereocenters. The average molecular weight is 332 g/mol. The highest BCUT2D eigenvalue weighted by Gasteiger charge is 2.37. The lowest BCUT2D eigenvalue weighted by molar-refractivity contribution is -0.149. The predicted octanol–water partition coefficient (Wildman–Crippen LogP) is 1.63. The van der Waals surface area contributed by atoms with Gasteiger partial charge in [0.15, 0.2) is 0 Å². The van der Waals surface area contributed by atoms with Crippen molar-refractivity contribution in [2.45, 2.75) is 46.0 Å². The minimum atomic E-state index is -3.39. The van der Waals surface area contributed by atoms with E-state index in [1.807, 2.05) is 6.92 Å². The third kappa shape index (κ3) is 4.43. The van der Waals surface area contributed by atoms with Gasteiger partial charge in [0.05, 0.1) is 12.5 Å². The van der Waals surface area contributed by atoms with Crippen molar-refractivity contribution >= 4 is 16.2 Å². The highest BCUT2D eigenvalue weighted by molar-refractivity contribution is 7.86. The first-order valence-electron chi connectivity index (χ1n) is 8.40. The van der Waals surface area contributed by atoms with Gasteiger partial charge in [0.2, 0.25) is 0 Å². The number of hydrogen-bond acceptors (Lipinski definition) is 4. The van der Waals surface area contributed by atoms with E-state index < -0.39 is 10.2 Å². The molecule has 1 saturated carbocycles. The highest BCUT2D eigenvalue weighted by Crippen LogP contribution is 2.31. The Morgan fingerprint density at radius 3 is 2.32 bits per heavy atom. The molecule has 2 fully saturated rings. The SMILES string of the molecule is CCCN(CC1CC1)S(=O)(=O)N1CCC(C(=O)OCC)CC1. The third-order valence-corrected chi connectivity index (χ3v) is 6.36. The Kier molecular flexibility index (Phi) is 6.23. The van der Waals surface area contributed by atoms with Crippen LogP contribution in [0.2, 0.25) is 0 Å². The number of ether oxygens (including phenoxy) is 1. The Balaban J connectivity index is 1.93. The molecule has 0 aromatic carbocycles. The molecule has 0 bridgehead atoms. The molecule has 0 unspecified atom stereocenters. The molecule has 0 aromatic heterocycles. The standard InChI is InChI=1S/C15H28N2O4S/c1-3-9-17(12-13-5-6-13)22(19,20)16-10-7-14(8-11-16)15(18)21-4-2/h13-14H,3-12H2,1-2H3. The number of piperidine rings is 1. The van der Waals surface area contributed by atoms with Gasteiger partial charge in [-0.25, -0.2) is 0 Å². The maximum absolute atomic E-state index is 12.8. The molecule has 0 amide bonds. The van der Waals surface area contributed by atoms with Crippen LogP contribution in [0.5, 0.6) is 0 Å². The Morgan fingerprint density at radius 1 is 1.18 bits per heavy atom. The van der Waals surface area contributed by atoms with Crippen LogP contribution in [0, 0.1) is 11.8 Å². The summed E-state index contributed by atoms with van der Waals surface area (Å²) in [5.74, 6) is 0.191. The first-order valence-corrected chi connectivity index (χ1v) is 9.80. The van der Waals surface area contributed by atoms with Gasteiger partial charge in [-0.05, 0) is 44.9 Å². The van der Waals surface area contributed by atoms with Crippen LogP contribution in [0.1, 0.15) is 46.0 Å². The normalized spacial score (nSPS) is 21.2. The number of carbonyl (C=O) groups is 1. The van der Waals surface area contributed by atoms with E-state index in [1.54, 1.807) is 15.5 Å². The summed E-state index contributed by atoms with van der Waals surface area (Å²) in [6.07, 6.45) is 4.22. The average Bonchev–Trinajstić information content (AvgIpc) is 3.31. The largest absolute Gasteiger partial charge is 0.466 e. The van der Waals surface area contributed by atoms with Crippen molar-refractivity contribution in [3.05, 3.63) is 0 Å². The quantitative estimate of drug-likeness (QED) is 0.634. The molecule has 1 aliphatic carbocycles. The summed E-state index contributed by atoms with van der Waals surface area (Å²) >= 11 is 0. The fraction of sp³-hybridized carbons (Fsp3) is 0.933. The van der Waals surface area contributed by atoms with Gasteiger partial charge in [0.1, 0.15) is 0 Å². The van der Waals surface area contributed by atoms with Crippen LogP contribution in [-0.2, 0) is 19.7 Å². The number of nitrogens with zero attached hydrogens (tertiary/aromatic N) is 2. The Labute approximate surface area is 134 Å². The summed E-state index contributed by atoms with van der Waals surface area (Å²) in [7, 11) is -3.39. The van der Waals surface area contributed by atoms with Crippen LogP contribution >= 0.6 is 0 Å². The summed E-state index contributed by atoms with van der Waals surface area (Å²) in [6, 6.07) is 0. The molecule has 128 valence electrons. The minimum absolute atomic E-state index is 0.158. The zero-order chi connectivity index (χ0) is 16.2. The van der Waals surface area contributed by atoms with Gasteiger partial charge in [0.25, 0.3) is 10.2 Å². The minimum Gasteiger partial charge on any atom is -0.466 e. The third-order valence-electron chi connectivity index (χ3n) is 4.36. The number of esters is 1. The smallest absolute Gasteiger partial charge is 0.309 e. The fourth-order valence-corrected chi connectivity index (χ4v) is 4.70. The van der Waals surface area contributed by atoms with E-state index in [0.29, 0.717) is 51.5 Å². The Hall–Kier alpha value is -0.660. The van der Waals surface area contributed by atoms with Crippen molar-refractivity contribution in [1.29, 1.82) is 0 Å². The maximum atomic E-state index is 12.8. The molecule has 2 aliphatic rings. The lowest BCUT2D eigenvalue weighted by atomic mass is 9.98. The Morgan fingerprint density at radius 2 is 1.82 bits per heavy atom. The first kappa shape index (κ1) is 17.7. The second-order valence-corrected chi connectivity index (χ2v) is 8.16. The van der Waals surface area contributed by atoms with E-state index in [9.17, 15) is 13.2 Å². The molecule has 0 N–H and O–H groups in total. The van der Waals surface area contributed by atoms with Crippen molar-refractivity contribution in [3.63, 3.8) is 0 Å². The van der Waals surface area contributed by atoms with E-state index >= 15 is 0 Å². The van der Waals surface area contributed by atoms with E-state index in [-0.39, 0.29) is 11.9 Å². The van der Waals surface area contributed by atoms with Gasteiger partial charge < -0.3 is 4.74 Å². The number of carbonyl (C=O) groups excluding carboxylic acids is 1. The van der Waals surface area contributed by atoms with Gasteiger partial charge in [-0.1, -0.05) is 6.92 Å². The molecule has 0 aromatic rings. The zero-order valence-electron chi connectivity index (χ0n) is 13.7. The summed E-state index contributed by atoms with van der Waals surface area (Å²) in [4.78, 5) is 11.7. The van der Waals surface area contributed by atoms with Gasteiger partial charge in [-0.2, -0.15) is 17.0 Å². The van der Waals surface area contributed by atoms with Gasteiger partial charge in [0, 0.05) is 26.2 Å². The number of hydrogen-bond donors (Lipinski definition) is 0. The second kappa shape index (κ2) is 7.75. The molecule has 0 spiro atoms. The van der Waals surface area contributed by atoms with Gasteiger partial charge in [-0.15, -0.1) is 0 Å². The predicted molar refractivity (Wildman–Crippen MR) is 84.4 cm³/mol. The van der Waals surface area contributed by atoms with E-state index in [1.165, 1.54) is 0 Å². The van der Waals surface area contributed by atoms with Gasteiger partial charge in [-0.3, -0.25) is 4.79 Å². The summed E-state index contributed by atoms with van der Waals surface area (Å²) in [5, 5.41) is 0. The molecule has 2 rings (SSSR count). The van der Waals surface area contributed by atoms with Crippen molar-refractivity contribution in [2.75, 3.05) is 32.8 Å². The molecule has 7 heteroatoms. The summed E-state index contributed by atoms with van der Waals surface area (Å²) < 4.78 is 33.8. The van der Waals surface area contributed by atoms with Crippen LogP contribution in [0.15, 0.2) is 0 Å². The summed E-state index contributed by atoms with van der Waals surface area (Å²) in [6.45, 7) is 6.22. The van der Waals surface area contributed by atoms with Crippen LogP contribution in [-0.4, -0.2) is 55.8 Å². The highest BCUT2D eigenvalue weighted by atomic mass is 32.2. The zero-order valence-corrected chi connectivity index (χ0v) is 14.5. The van der Waals surface area contributed by atoms with E-state index in [2.05, 4.69) is 0 Å². The monoisotopic (exact) mass is 332 g/mol. The molecule has 6 nitrogen and oxygen atoms in total. The van der Waals surface area contributed by atoms with Crippen LogP contribution in [0.25, 0.3) is 0 Å². The molecule has 1 heterocycles. The fourth-order valence-electron chi connectivity index (χ4n) is 2.88. The molecule has 1 saturated heterocycles. The van der Waals surface area contributed by atoms with E-state index in [0.717, 1.165) is 19.3 Å². The van der Waals surface area contributed by atoms with Crippen molar-refractivity contribution < 1.29 is 17.9 Å². The van der Waals surface area contributed by atoms with Crippen molar-refractivity contribution in [1.82, 2.24) is 8.61 Å². The van der Waals surface area contributed by atoms with Crippen LogP contribution in [0.3, 0.4) is 0 Å². The van der Waals surface area contributed by atoms with Crippen molar-refractivity contribution in [3.8, 4) is 0 Å². The maximum Gasteiger partial charge on any atom is 0.309 e. The molecular weight excluding hydrogens is 304 g/mol. The lowest BCUT2D eigenvalue weighted by Crippen LogP contribution is -2.48. The van der Waals surface area contributed by atoms with Crippen LogP contribution in [0.4, 0.5) is 0 Å². The topological polar surface area (TPSA) is 66.9 Å². The Bertz CT molecular complexity index is 468. The number of rotatable bonds is 8. The molecular formula is C15H28N2O4S. The first-order chi connectivity index (χ1) is 10.5. The van der Waals surface area contributed by atoms with E-state index in [4.69, 9.17) is 4.74 Å². The molecule has 0 radical (unpaired) electrons. The van der Waals surface area contributed by atoms with Crippen molar-refractivity contribution in [2.24, 2.45) is 11.8 Å². The van der Waals surface area contributed by atoms with Crippen LogP contribution < -0.4 is 0 Å².